The molecule has 1 N–H and O–H groups in total. The number of aromatic amines is 1. The first-order valence-electron chi connectivity index (χ1n) is 7.65. The van der Waals surface area contributed by atoms with Crippen molar-refractivity contribution in [1.29, 1.82) is 0 Å². The molecule has 22 heavy (non-hydrogen) atoms. The fourth-order valence-electron chi connectivity index (χ4n) is 2.56. The summed E-state index contributed by atoms with van der Waals surface area (Å²) in [5.74, 6) is 1.78. The minimum Gasteiger partial charge on any atom is -0.483 e. The smallest absolute Gasteiger partial charge is 0.153 e. The number of aryl methyl sites for hydroxylation is 4. The predicted molar refractivity (Wildman–Crippen MR) is 90.5 cm³/mol. The van der Waals surface area contributed by atoms with Gasteiger partial charge in [-0.05, 0) is 75.1 Å². The molecule has 1 atom stereocenters. The molecule has 0 aliphatic rings. The number of imidazole rings is 1. The van der Waals surface area contributed by atoms with Crippen molar-refractivity contribution in [2.45, 2.75) is 40.7 Å². The van der Waals surface area contributed by atoms with Crippen LogP contribution in [-0.4, -0.2) is 9.97 Å². The predicted octanol–water partition coefficient (Wildman–Crippen LogP) is 4.94. The molecule has 0 radical (unpaired) electrons. The lowest BCUT2D eigenvalue weighted by Crippen LogP contribution is -2.06. The fraction of sp³-hybridized carbons (Fsp3) is 0.316. The van der Waals surface area contributed by atoms with Crippen LogP contribution in [0, 0.1) is 27.7 Å². The van der Waals surface area contributed by atoms with Crippen LogP contribution in [0.4, 0.5) is 0 Å². The second-order valence-electron chi connectivity index (χ2n) is 6.10. The average Bonchev–Trinajstić information content (AvgIpc) is 2.86. The van der Waals surface area contributed by atoms with Crippen LogP contribution in [0.5, 0.6) is 5.75 Å². The Morgan fingerprint density at radius 3 is 2.45 bits per heavy atom. The summed E-state index contributed by atoms with van der Waals surface area (Å²) >= 11 is 0. The van der Waals surface area contributed by atoms with E-state index in [4.69, 9.17) is 4.74 Å². The molecule has 1 aromatic heterocycles. The second-order valence-corrected chi connectivity index (χ2v) is 6.10. The summed E-state index contributed by atoms with van der Waals surface area (Å²) in [4.78, 5) is 8.06. The lowest BCUT2D eigenvalue weighted by Gasteiger charge is -2.15. The third kappa shape index (κ3) is 2.71. The summed E-state index contributed by atoms with van der Waals surface area (Å²) in [7, 11) is 0. The van der Waals surface area contributed by atoms with Gasteiger partial charge >= 0.3 is 0 Å². The van der Waals surface area contributed by atoms with Gasteiger partial charge in [0.1, 0.15) is 11.6 Å². The molecule has 0 aliphatic heterocycles. The summed E-state index contributed by atoms with van der Waals surface area (Å²) in [6.07, 6.45) is -0.117. The van der Waals surface area contributed by atoms with Gasteiger partial charge in [-0.2, -0.15) is 0 Å². The van der Waals surface area contributed by atoms with Crippen molar-refractivity contribution < 1.29 is 4.74 Å². The van der Waals surface area contributed by atoms with Crippen LogP contribution in [-0.2, 0) is 0 Å². The molecule has 3 rings (SSSR count). The van der Waals surface area contributed by atoms with Gasteiger partial charge in [0.05, 0.1) is 11.0 Å². The van der Waals surface area contributed by atoms with E-state index in [-0.39, 0.29) is 6.10 Å². The maximum atomic E-state index is 6.11. The number of benzene rings is 2. The van der Waals surface area contributed by atoms with Crippen LogP contribution in [0.1, 0.15) is 41.1 Å². The molecular formula is C19H22N2O. The van der Waals surface area contributed by atoms with Gasteiger partial charge in [0.15, 0.2) is 6.10 Å². The number of fused-ring (bicyclic) bond motifs is 1. The molecule has 0 bridgehead atoms. The van der Waals surface area contributed by atoms with Gasteiger partial charge in [-0.3, -0.25) is 0 Å². The van der Waals surface area contributed by atoms with Gasteiger partial charge in [-0.25, -0.2) is 4.98 Å². The highest BCUT2D eigenvalue weighted by atomic mass is 16.5. The molecule has 114 valence electrons. The van der Waals surface area contributed by atoms with E-state index in [1.165, 1.54) is 16.7 Å². The minimum absolute atomic E-state index is 0.117. The molecule has 0 aliphatic carbocycles. The lowest BCUT2D eigenvalue weighted by atomic mass is 10.1. The van der Waals surface area contributed by atoms with Gasteiger partial charge < -0.3 is 9.72 Å². The van der Waals surface area contributed by atoms with Gasteiger partial charge in [0, 0.05) is 0 Å². The lowest BCUT2D eigenvalue weighted by molar-refractivity contribution is 0.216. The van der Waals surface area contributed by atoms with Crippen molar-refractivity contribution in [1.82, 2.24) is 9.97 Å². The quantitative estimate of drug-likeness (QED) is 0.743. The van der Waals surface area contributed by atoms with Gasteiger partial charge in [0.25, 0.3) is 0 Å². The average molecular weight is 294 g/mol. The molecule has 1 heterocycles. The first-order chi connectivity index (χ1) is 10.4. The largest absolute Gasteiger partial charge is 0.483 e. The highest BCUT2D eigenvalue weighted by molar-refractivity contribution is 5.77. The van der Waals surface area contributed by atoms with Gasteiger partial charge in [-0.15, -0.1) is 0 Å². The van der Waals surface area contributed by atoms with E-state index in [9.17, 15) is 0 Å². The summed E-state index contributed by atoms with van der Waals surface area (Å²) in [6, 6.07) is 10.5. The zero-order chi connectivity index (χ0) is 15.9. The highest BCUT2D eigenvalue weighted by Crippen LogP contribution is 2.26. The normalized spacial score (nSPS) is 12.6. The molecule has 2 aromatic carbocycles. The molecule has 3 heteroatoms. The van der Waals surface area contributed by atoms with Crippen LogP contribution in [0.25, 0.3) is 11.0 Å². The molecule has 0 unspecified atom stereocenters. The highest BCUT2D eigenvalue weighted by Gasteiger charge is 2.14. The van der Waals surface area contributed by atoms with Crippen LogP contribution in [0.3, 0.4) is 0 Å². The van der Waals surface area contributed by atoms with Gasteiger partial charge in [0.2, 0.25) is 0 Å². The van der Waals surface area contributed by atoms with Crippen molar-refractivity contribution in [3.05, 3.63) is 58.4 Å². The zero-order valence-electron chi connectivity index (χ0n) is 13.8. The summed E-state index contributed by atoms with van der Waals surface area (Å²) in [5, 5.41) is 0. The Morgan fingerprint density at radius 1 is 0.955 bits per heavy atom. The topological polar surface area (TPSA) is 37.9 Å². The standard InChI is InChI=1S/C19H22N2O/c1-11-6-7-12(2)18(8-11)22-15(5)19-20-16-9-13(3)14(4)10-17(16)21-19/h6-10,15H,1-5H3,(H,20,21)/t15-/m0/s1. The van der Waals surface area contributed by atoms with Crippen LogP contribution < -0.4 is 4.74 Å². The van der Waals surface area contributed by atoms with Crippen LogP contribution >= 0.6 is 0 Å². The Labute approximate surface area is 131 Å². The number of aromatic nitrogens is 2. The van der Waals surface area contributed by atoms with E-state index in [0.717, 1.165) is 28.2 Å². The van der Waals surface area contributed by atoms with E-state index in [0.29, 0.717) is 0 Å². The summed E-state index contributed by atoms with van der Waals surface area (Å²) < 4.78 is 6.11. The van der Waals surface area contributed by atoms with Crippen LogP contribution in [0.15, 0.2) is 30.3 Å². The molecule has 0 amide bonds. The summed E-state index contributed by atoms with van der Waals surface area (Å²) in [5.41, 5.74) is 6.92. The number of rotatable bonds is 3. The van der Waals surface area contributed by atoms with Crippen LogP contribution in [0.2, 0.25) is 0 Å². The Morgan fingerprint density at radius 2 is 1.68 bits per heavy atom. The minimum atomic E-state index is -0.117. The molecule has 0 saturated carbocycles. The van der Waals surface area contributed by atoms with Crippen molar-refractivity contribution in [2.75, 3.05) is 0 Å². The number of hydrogen-bond donors (Lipinski definition) is 1. The SMILES string of the molecule is Cc1ccc(C)c(O[C@@H](C)c2nc3cc(C)c(C)cc3[nH]2)c1. The van der Waals surface area contributed by atoms with E-state index >= 15 is 0 Å². The Bertz CT molecular complexity index is 794. The first-order valence-corrected chi connectivity index (χ1v) is 7.65. The molecule has 0 fully saturated rings. The number of ether oxygens (including phenoxy) is 1. The number of nitrogens with one attached hydrogen (secondary N) is 1. The zero-order valence-corrected chi connectivity index (χ0v) is 13.8. The Kier molecular flexibility index (Phi) is 3.65. The van der Waals surface area contributed by atoms with Crippen molar-refractivity contribution >= 4 is 11.0 Å². The Balaban J connectivity index is 1.91. The third-order valence-corrected chi connectivity index (χ3v) is 4.15. The molecule has 3 nitrogen and oxygen atoms in total. The van der Waals surface area contributed by atoms with Crippen molar-refractivity contribution in [2.24, 2.45) is 0 Å². The third-order valence-electron chi connectivity index (χ3n) is 4.15. The second kappa shape index (κ2) is 5.48. The molecule has 0 saturated heterocycles. The molecular weight excluding hydrogens is 272 g/mol. The number of H-pyrrole nitrogens is 1. The van der Waals surface area contributed by atoms with Crippen molar-refractivity contribution in [3.8, 4) is 5.75 Å². The van der Waals surface area contributed by atoms with E-state index in [2.05, 4.69) is 68.0 Å². The van der Waals surface area contributed by atoms with E-state index < -0.39 is 0 Å². The maximum Gasteiger partial charge on any atom is 0.153 e. The van der Waals surface area contributed by atoms with Crippen molar-refractivity contribution in [3.63, 3.8) is 0 Å². The monoisotopic (exact) mass is 294 g/mol. The maximum absolute atomic E-state index is 6.11. The molecule has 3 aromatic rings. The fourth-order valence-corrected chi connectivity index (χ4v) is 2.56. The van der Waals surface area contributed by atoms with E-state index in [1.54, 1.807) is 0 Å². The van der Waals surface area contributed by atoms with E-state index in [1.807, 2.05) is 6.92 Å². The number of hydrogen-bond acceptors (Lipinski definition) is 2. The summed E-state index contributed by atoms with van der Waals surface area (Å²) in [6.45, 7) is 10.4. The first kappa shape index (κ1) is 14.6. The van der Waals surface area contributed by atoms with Gasteiger partial charge in [-0.1, -0.05) is 12.1 Å². The molecule has 0 spiro atoms. The Hall–Kier alpha value is -2.29. The number of nitrogens with zero attached hydrogens (tertiary/aromatic N) is 1.